The van der Waals surface area contributed by atoms with Crippen molar-refractivity contribution in [1.29, 1.82) is 0 Å². The van der Waals surface area contributed by atoms with Crippen LogP contribution in [0.15, 0.2) is 22.7 Å². The number of anilines is 1. The highest BCUT2D eigenvalue weighted by Gasteiger charge is 2.10. The van der Waals surface area contributed by atoms with Crippen LogP contribution >= 0.6 is 27.5 Å². The highest BCUT2D eigenvalue weighted by atomic mass is 79.9. The van der Waals surface area contributed by atoms with Crippen molar-refractivity contribution in [3.05, 3.63) is 39.2 Å². The van der Waals surface area contributed by atoms with Crippen LogP contribution in [0.2, 0.25) is 5.02 Å². The first-order valence-electron chi connectivity index (χ1n) is 4.74. The van der Waals surface area contributed by atoms with E-state index in [9.17, 15) is 4.39 Å². The molecule has 0 aliphatic carbocycles. The van der Waals surface area contributed by atoms with Gasteiger partial charge in [0.25, 0.3) is 0 Å². The molecule has 0 aliphatic heterocycles. The standard InChI is InChI=1S/C11H8BrClFN3/c1-5-9(12)10(15)17-11(16-5)6-2-3-8(14)7(13)4-6/h2-4H,1H3,(H2,15,16,17). The lowest BCUT2D eigenvalue weighted by atomic mass is 10.2. The Bertz CT molecular complexity index is 566. The van der Waals surface area contributed by atoms with E-state index in [1.165, 1.54) is 12.1 Å². The Hall–Kier alpha value is -1.20. The molecule has 2 rings (SSSR count). The van der Waals surface area contributed by atoms with Gasteiger partial charge in [-0.05, 0) is 41.1 Å². The molecular weight excluding hydrogens is 308 g/mol. The van der Waals surface area contributed by atoms with E-state index in [2.05, 4.69) is 25.9 Å². The van der Waals surface area contributed by atoms with Gasteiger partial charge >= 0.3 is 0 Å². The van der Waals surface area contributed by atoms with Crippen LogP contribution in [-0.2, 0) is 0 Å². The number of nitrogen functional groups attached to an aromatic ring is 1. The number of nitrogens with zero attached hydrogens (tertiary/aromatic N) is 2. The van der Waals surface area contributed by atoms with Crippen molar-refractivity contribution in [3.8, 4) is 11.4 Å². The molecule has 88 valence electrons. The van der Waals surface area contributed by atoms with E-state index in [-0.39, 0.29) is 5.02 Å². The van der Waals surface area contributed by atoms with E-state index < -0.39 is 5.82 Å². The Morgan fingerprint density at radius 3 is 2.65 bits per heavy atom. The SMILES string of the molecule is Cc1nc(-c2ccc(F)c(Cl)c2)nc(N)c1Br. The molecule has 1 aromatic heterocycles. The summed E-state index contributed by atoms with van der Waals surface area (Å²) in [5.41, 5.74) is 7.06. The number of nitrogens with two attached hydrogens (primary N) is 1. The minimum absolute atomic E-state index is 0.0326. The van der Waals surface area contributed by atoms with E-state index in [1.807, 2.05) is 0 Å². The molecule has 0 atom stereocenters. The molecule has 6 heteroatoms. The smallest absolute Gasteiger partial charge is 0.161 e. The summed E-state index contributed by atoms with van der Waals surface area (Å²) in [6, 6.07) is 4.30. The second-order valence-corrected chi connectivity index (χ2v) is 4.66. The first kappa shape index (κ1) is 12.3. The molecule has 2 aromatic rings. The van der Waals surface area contributed by atoms with Crippen LogP contribution in [0.3, 0.4) is 0 Å². The molecule has 1 heterocycles. The predicted molar refractivity (Wildman–Crippen MR) is 69.3 cm³/mol. The van der Waals surface area contributed by atoms with Gasteiger partial charge in [-0.25, -0.2) is 14.4 Å². The molecule has 3 nitrogen and oxygen atoms in total. The summed E-state index contributed by atoms with van der Waals surface area (Å²) in [4.78, 5) is 8.37. The predicted octanol–water partition coefficient (Wildman–Crippen LogP) is 3.59. The van der Waals surface area contributed by atoms with Gasteiger partial charge < -0.3 is 5.73 Å². The van der Waals surface area contributed by atoms with Crippen LogP contribution < -0.4 is 5.73 Å². The van der Waals surface area contributed by atoms with Gasteiger partial charge in [-0.15, -0.1) is 0 Å². The second kappa shape index (κ2) is 4.58. The maximum absolute atomic E-state index is 13.0. The van der Waals surface area contributed by atoms with Gasteiger partial charge in [0.15, 0.2) is 5.82 Å². The Labute approximate surface area is 111 Å². The van der Waals surface area contributed by atoms with Crippen LogP contribution in [0.25, 0.3) is 11.4 Å². The fraction of sp³-hybridized carbons (Fsp3) is 0.0909. The Morgan fingerprint density at radius 2 is 2.06 bits per heavy atom. The van der Waals surface area contributed by atoms with Crippen molar-refractivity contribution in [2.24, 2.45) is 0 Å². The number of hydrogen-bond donors (Lipinski definition) is 1. The Kier molecular flexibility index (Phi) is 3.31. The lowest BCUT2D eigenvalue weighted by Crippen LogP contribution is -2.00. The van der Waals surface area contributed by atoms with E-state index in [1.54, 1.807) is 13.0 Å². The third kappa shape index (κ3) is 2.40. The molecule has 0 unspecified atom stereocenters. The van der Waals surface area contributed by atoms with Crippen LogP contribution in [0.4, 0.5) is 10.2 Å². The van der Waals surface area contributed by atoms with Crippen molar-refractivity contribution < 1.29 is 4.39 Å². The zero-order chi connectivity index (χ0) is 12.6. The number of aryl methyl sites for hydroxylation is 1. The lowest BCUT2D eigenvalue weighted by molar-refractivity contribution is 0.628. The van der Waals surface area contributed by atoms with Crippen molar-refractivity contribution in [1.82, 2.24) is 9.97 Å². The first-order valence-corrected chi connectivity index (χ1v) is 5.91. The molecule has 0 radical (unpaired) electrons. The molecule has 0 aliphatic rings. The van der Waals surface area contributed by atoms with E-state index in [0.29, 0.717) is 27.4 Å². The zero-order valence-electron chi connectivity index (χ0n) is 8.84. The van der Waals surface area contributed by atoms with E-state index in [0.717, 1.165) is 0 Å². The largest absolute Gasteiger partial charge is 0.383 e. The van der Waals surface area contributed by atoms with E-state index in [4.69, 9.17) is 17.3 Å². The second-order valence-electron chi connectivity index (χ2n) is 3.46. The summed E-state index contributed by atoms with van der Waals surface area (Å²) in [7, 11) is 0. The summed E-state index contributed by atoms with van der Waals surface area (Å²) >= 11 is 8.98. The molecule has 1 aromatic carbocycles. The van der Waals surface area contributed by atoms with Crippen molar-refractivity contribution in [3.63, 3.8) is 0 Å². The highest BCUT2D eigenvalue weighted by molar-refractivity contribution is 9.10. The van der Waals surface area contributed by atoms with Gasteiger partial charge in [0.05, 0.1) is 15.2 Å². The van der Waals surface area contributed by atoms with Crippen molar-refractivity contribution in [2.75, 3.05) is 5.73 Å². The normalized spacial score (nSPS) is 10.6. The average Bonchev–Trinajstić information content (AvgIpc) is 2.29. The molecule has 2 N–H and O–H groups in total. The van der Waals surface area contributed by atoms with Gasteiger partial charge in [-0.1, -0.05) is 11.6 Å². The van der Waals surface area contributed by atoms with Crippen LogP contribution in [0.5, 0.6) is 0 Å². The number of rotatable bonds is 1. The quantitative estimate of drug-likeness (QED) is 0.874. The van der Waals surface area contributed by atoms with Gasteiger partial charge in [0.1, 0.15) is 11.6 Å². The lowest BCUT2D eigenvalue weighted by Gasteiger charge is -2.06. The fourth-order valence-corrected chi connectivity index (χ4v) is 1.70. The Morgan fingerprint density at radius 1 is 1.35 bits per heavy atom. The summed E-state index contributed by atoms with van der Waals surface area (Å²) < 4.78 is 13.7. The molecule has 0 fully saturated rings. The summed E-state index contributed by atoms with van der Waals surface area (Å²) in [5.74, 6) is 0.287. The number of benzene rings is 1. The maximum Gasteiger partial charge on any atom is 0.161 e. The third-order valence-electron chi connectivity index (χ3n) is 2.22. The molecule has 0 amide bonds. The van der Waals surface area contributed by atoms with Crippen LogP contribution in [0.1, 0.15) is 5.69 Å². The van der Waals surface area contributed by atoms with Crippen LogP contribution in [0, 0.1) is 12.7 Å². The molecule has 17 heavy (non-hydrogen) atoms. The summed E-state index contributed by atoms with van der Waals surface area (Å²) in [6.07, 6.45) is 0. The molecule has 0 bridgehead atoms. The topological polar surface area (TPSA) is 51.8 Å². The molecule has 0 saturated carbocycles. The monoisotopic (exact) mass is 315 g/mol. The van der Waals surface area contributed by atoms with Crippen molar-refractivity contribution in [2.45, 2.75) is 6.92 Å². The number of halogens is 3. The number of hydrogen-bond acceptors (Lipinski definition) is 3. The molecular formula is C11H8BrClFN3. The van der Waals surface area contributed by atoms with Gasteiger partial charge in [0, 0.05) is 5.56 Å². The minimum atomic E-state index is -0.475. The molecule has 0 saturated heterocycles. The first-order chi connectivity index (χ1) is 7.99. The van der Waals surface area contributed by atoms with Crippen molar-refractivity contribution >= 4 is 33.3 Å². The third-order valence-corrected chi connectivity index (χ3v) is 3.49. The summed E-state index contributed by atoms with van der Waals surface area (Å²) in [5, 5.41) is 0.0326. The summed E-state index contributed by atoms with van der Waals surface area (Å²) in [6.45, 7) is 1.80. The molecule has 0 spiro atoms. The van der Waals surface area contributed by atoms with Gasteiger partial charge in [-0.3, -0.25) is 0 Å². The fourth-order valence-electron chi connectivity index (χ4n) is 1.35. The highest BCUT2D eigenvalue weighted by Crippen LogP contribution is 2.26. The van der Waals surface area contributed by atoms with Gasteiger partial charge in [-0.2, -0.15) is 0 Å². The average molecular weight is 317 g/mol. The van der Waals surface area contributed by atoms with E-state index >= 15 is 0 Å². The minimum Gasteiger partial charge on any atom is -0.383 e. The zero-order valence-corrected chi connectivity index (χ0v) is 11.2. The maximum atomic E-state index is 13.0. The number of aromatic nitrogens is 2. The van der Waals surface area contributed by atoms with Gasteiger partial charge in [0.2, 0.25) is 0 Å². The Balaban J connectivity index is 2.57. The van der Waals surface area contributed by atoms with Crippen LogP contribution in [-0.4, -0.2) is 9.97 Å².